The zero-order chi connectivity index (χ0) is 23.5. The number of ether oxygens (including phenoxy) is 1. The zero-order valence-electron chi connectivity index (χ0n) is 17.9. The lowest BCUT2D eigenvalue weighted by atomic mass is 10.1. The summed E-state index contributed by atoms with van der Waals surface area (Å²) in [5, 5.41) is 32.6. The van der Waals surface area contributed by atoms with E-state index in [0.717, 1.165) is 6.07 Å². The monoisotopic (exact) mass is 457 g/mol. The van der Waals surface area contributed by atoms with Crippen LogP contribution in [0.3, 0.4) is 0 Å². The molecule has 2 aliphatic rings. The summed E-state index contributed by atoms with van der Waals surface area (Å²) in [5.74, 6) is -1.11. The van der Waals surface area contributed by atoms with Crippen LogP contribution in [-0.4, -0.2) is 74.1 Å². The molecule has 10 nitrogen and oxygen atoms in total. The SMILES string of the molecule is N#Cc1c(COc2ccc(C(=O)N3CCC(O)C3)cc2F)cnn1C1CCN(C(=O)O)CC1. The summed E-state index contributed by atoms with van der Waals surface area (Å²) >= 11 is 0. The van der Waals surface area contributed by atoms with Crippen LogP contribution in [0.15, 0.2) is 24.4 Å². The van der Waals surface area contributed by atoms with Crippen molar-refractivity contribution < 1.29 is 28.9 Å². The van der Waals surface area contributed by atoms with Gasteiger partial charge in [-0.15, -0.1) is 0 Å². The number of aliphatic hydroxyl groups is 1. The van der Waals surface area contributed by atoms with E-state index < -0.39 is 18.0 Å². The molecule has 3 heterocycles. The number of amides is 2. The average Bonchev–Trinajstić information content (AvgIpc) is 3.43. The molecule has 174 valence electrons. The lowest BCUT2D eigenvalue weighted by molar-refractivity contribution is 0.0764. The number of aliphatic hydroxyl groups excluding tert-OH is 1. The summed E-state index contributed by atoms with van der Waals surface area (Å²) in [6.07, 6.45) is 1.57. The van der Waals surface area contributed by atoms with Gasteiger partial charge >= 0.3 is 6.09 Å². The number of hydrogen-bond acceptors (Lipinski definition) is 6. The Balaban J connectivity index is 1.41. The van der Waals surface area contributed by atoms with Crippen molar-refractivity contribution in [1.29, 1.82) is 5.26 Å². The first kappa shape index (κ1) is 22.5. The number of piperidine rings is 1. The summed E-state index contributed by atoms with van der Waals surface area (Å²) in [7, 11) is 0. The van der Waals surface area contributed by atoms with Crippen molar-refractivity contribution in [2.24, 2.45) is 0 Å². The van der Waals surface area contributed by atoms with Crippen molar-refractivity contribution in [3.63, 3.8) is 0 Å². The maximum absolute atomic E-state index is 14.6. The molecule has 2 aromatic rings. The van der Waals surface area contributed by atoms with Gasteiger partial charge in [-0.05, 0) is 37.5 Å². The normalized spacial score (nSPS) is 18.9. The molecule has 1 atom stereocenters. The molecular formula is C22H24FN5O5. The lowest BCUT2D eigenvalue weighted by Crippen LogP contribution is -2.38. The molecule has 1 aromatic heterocycles. The number of hydrogen-bond donors (Lipinski definition) is 2. The summed E-state index contributed by atoms with van der Waals surface area (Å²) in [6.45, 7) is 1.30. The molecule has 0 aliphatic carbocycles. The number of nitriles is 1. The van der Waals surface area contributed by atoms with Crippen molar-refractivity contribution in [2.75, 3.05) is 26.2 Å². The highest BCUT2D eigenvalue weighted by molar-refractivity contribution is 5.94. The van der Waals surface area contributed by atoms with E-state index in [9.17, 15) is 24.3 Å². The minimum atomic E-state index is -0.962. The molecular weight excluding hydrogens is 433 g/mol. The number of carbonyl (C=O) groups excluding carboxylic acids is 1. The Morgan fingerprint density at radius 2 is 1.94 bits per heavy atom. The van der Waals surface area contributed by atoms with Crippen LogP contribution in [0.5, 0.6) is 5.75 Å². The number of nitrogens with zero attached hydrogens (tertiary/aromatic N) is 5. The summed E-state index contributed by atoms with van der Waals surface area (Å²) in [5.41, 5.74) is 0.958. The van der Waals surface area contributed by atoms with Gasteiger partial charge in [-0.25, -0.2) is 9.18 Å². The Bertz CT molecular complexity index is 1090. The third-order valence-electron chi connectivity index (χ3n) is 6.07. The van der Waals surface area contributed by atoms with Crippen LogP contribution in [0.4, 0.5) is 9.18 Å². The number of carbonyl (C=O) groups is 2. The van der Waals surface area contributed by atoms with Gasteiger partial charge in [0.15, 0.2) is 11.6 Å². The molecule has 1 aromatic carbocycles. The summed E-state index contributed by atoms with van der Waals surface area (Å²) in [4.78, 5) is 26.4. The fraction of sp³-hybridized carbons (Fsp3) is 0.455. The van der Waals surface area contributed by atoms with Crippen LogP contribution in [0, 0.1) is 17.1 Å². The van der Waals surface area contributed by atoms with Crippen LogP contribution in [0.2, 0.25) is 0 Å². The molecule has 2 fully saturated rings. The molecule has 2 amide bonds. The Morgan fingerprint density at radius 1 is 1.21 bits per heavy atom. The zero-order valence-corrected chi connectivity index (χ0v) is 17.9. The summed E-state index contributed by atoms with van der Waals surface area (Å²) in [6, 6.07) is 5.95. The molecule has 0 bridgehead atoms. The van der Waals surface area contributed by atoms with Gasteiger partial charge in [0, 0.05) is 37.3 Å². The fourth-order valence-electron chi connectivity index (χ4n) is 4.22. The lowest BCUT2D eigenvalue weighted by Gasteiger charge is -2.30. The van der Waals surface area contributed by atoms with Crippen LogP contribution in [0.25, 0.3) is 0 Å². The van der Waals surface area contributed by atoms with Crippen molar-refractivity contribution in [3.8, 4) is 11.8 Å². The van der Waals surface area contributed by atoms with E-state index in [1.54, 1.807) is 4.68 Å². The predicted octanol–water partition coefficient (Wildman–Crippen LogP) is 1.99. The quantitative estimate of drug-likeness (QED) is 0.702. The van der Waals surface area contributed by atoms with Gasteiger partial charge in [-0.3, -0.25) is 9.48 Å². The molecule has 33 heavy (non-hydrogen) atoms. The third-order valence-corrected chi connectivity index (χ3v) is 6.07. The molecule has 2 N–H and O–H groups in total. The fourth-order valence-corrected chi connectivity index (χ4v) is 4.22. The smallest absolute Gasteiger partial charge is 0.407 e. The third kappa shape index (κ3) is 4.75. The first-order chi connectivity index (χ1) is 15.9. The second-order valence-corrected chi connectivity index (χ2v) is 8.20. The Morgan fingerprint density at radius 3 is 2.55 bits per heavy atom. The van der Waals surface area contributed by atoms with E-state index in [2.05, 4.69) is 11.2 Å². The molecule has 0 saturated carbocycles. The molecule has 0 spiro atoms. The van der Waals surface area contributed by atoms with E-state index in [1.165, 1.54) is 28.1 Å². The number of benzene rings is 1. The Labute approximate surface area is 189 Å². The van der Waals surface area contributed by atoms with E-state index in [4.69, 9.17) is 9.84 Å². The Hall–Kier alpha value is -3.65. The maximum Gasteiger partial charge on any atom is 0.407 e. The van der Waals surface area contributed by atoms with Gasteiger partial charge in [-0.1, -0.05) is 0 Å². The van der Waals surface area contributed by atoms with Gasteiger partial charge < -0.3 is 24.7 Å². The molecule has 11 heteroatoms. The second kappa shape index (κ2) is 9.46. The minimum absolute atomic E-state index is 0.0561. The molecule has 0 radical (unpaired) electrons. The van der Waals surface area contributed by atoms with Crippen LogP contribution in [-0.2, 0) is 6.61 Å². The number of likely N-dealkylation sites (tertiary alicyclic amines) is 2. The molecule has 1 unspecified atom stereocenters. The highest BCUT2D eigenvalue weighted by atomic mass is 19.1. The van der Waals surface area contributed by atoms with Crippen LogP contribution in [0.1, 0.15) is 46.9 Å². The highest BCUT2D eigenvalue weighted by Gasteiger charge is 2.27. The van der Waals surface area contributed by atoms with E-state index in [-0.39, 0.29) is 36.4 Å². The molecule has 4 rings (SSSR count). The van der Waals surface area contributed by atoms with Crippen molar-refractivity contribution in [2.45, 2.75) is 38.0 Å². The minimum Gasteiger partial charge on any atom is -0.486 e. The number of rotatable bonds is 5. The van der Waals surface area contributed by atoms with Crippen LogP contribution < -0.4 is 4.74 Å². The van der Waals surface area contributed by atoms with Gasteiger partial charge in [0.2, 0.25) is 0 Å². The topological polar surface area (TPSA) is 132 Å². The standard InChI is InChI=1S/C22H24FN5O5/c23-18-9-14(21(30)27-8-5-17(29)12-27)1-2-20(18)33-13-15-11-25-28(19(15)10-24)16-3-6-26(7-4-16)22(31)32/h1-2,9,11,16-17,29H,3-8,12-13H2,(H,31,32). The van der Waals surface area contributed by atoms with Gasteiger partial charge in [0.05, 0.1) is 18.3 Å². The van der Waals surface area contributed by atoms with Crippen molar-refractivity contribution in [3.05, 3.63) is 47.0 Å². The molecule has 2 saturated heterocycles. The highest BCUT2D eigenvalue weighted by Crippen LogP contribution is 2.26. The number of halogens is 1. The number of aromatic nitrogens is 2. The number of β-amino-alcohol motifs (C(OH)–C–C–N with tert-alkyl or cyclic N) is 1. The number of carboxylic acid groups (broad SMARTS) is 1. The summed E-state index contributed by atoms with van der Waals surface area (Å²) < 4.78 is 21.7. The Kier molecular flexibility index (Phi) is 6.46. The predicted molar refractivity (Wildman–Crippen MR) is 112 cm³/mol. The van der Waals surface area contributed by atoms with Gasteiger partial charge in [0.1, 0.15) is 18.4 Å². The first-order valence-electron chi connectivity index (χ1n) is 10.7. The van der Waals surface area contributed by atoms with E-state index >= 15 is 0 Å². The maximum atomic E-state index is 14.6. The average molecular weight is 457 g/mol. The second-order valence-electron chi connectivity index (χ2n) is 8.20. The van der Waals surface area contributed by atoms with E-state index in [1.807, 2.05) is 0 Å². The van der Waals surface area contributed by atoms with Gasteiger partial charge in [0.25, 0.3) is 5.91 Å². The van der Waals surface area contributed by atoms with Crippen molar-refractivity contribution >= 4 is 12.0 Å². The van der Waals surface area contributed by atoms with Crippen molar-refractivity contribution in [1.82, 2.24) is 19.6 Å². The van der Waals surface area contributed by atoms with Crippen LogP contribution >= 0.6 is 0 Å². The van der Waals surface area contributed by atoms with E-state index in [0.29, 0.717) is 50.2 Å². The largest absolute Gasteiger partial charge is 0.486 e. The van der Waals surface area contributed by atoms with Gasteiger partial charge in [-0.2, -0.15) is 10.4 Å². The molecule has 2 aliphatic heterocycles. The first-order valence-corrected chi connectivity index (χ1v) is 10.7.